The highest BCUT2D eigenvalue weighted by Crippen LogP contribution is 2.26. The fraction of sp³-hybridized carbons (Fsp3) is 0.500. The lowest BCUT2D eigenvalue weighted by Gasteiger charge is -2.36. The smallest absolute Gasteiger partial charge is 0.194 e. The second kappa shape index (κ2) is 13.1. The highest BCUT2D eigenvalue weighted by molar-refractivity contribution is 14.0. The number of guanidine groups is 1. The number of thiophene rings is 1. The van der Waals surface area contributed by atoms with E-state index in [4.69, 9.17) is 14.5 Å². The number of ether oxygens (including phenoxy) is 2. The van der Waals surface area contributed by atoms with E-state index in [-0.39, 0.29) is 30.5 Å². The van der Waals surface area contributed by atoms with Gasteiger partial charge < -0.3 is 24.8 Å². The topological polar surface area (TPSA) is 69.6 Å². The predicted molar refractivity (Wildman–Crippen MR) is 137 cm³/mol. The van der Waals surface area contributed by atoms with Gasteiger partial charge in [-0.2, -0.15) is 0 Å². The van der Waals surface area contributed by atoms with E-state index in [0.717, 1.165) is 50.8 Å². The van der Waals surface area contributed by atoms with Gasteiger partial charge in [0.25, 0.3) is 0 Å². The molecule has 0 bridgehead atoms. The summed E-state index contributed by atoms with van der Waals surface area (Å²) < 4.78 is 10.6. The highest BCUT2D eigenvalue weighted by Gasteiger charge is 2.20. The van der Waals surface area contributed by atoms with Crippen LogP contribution in [0.5, 0.6) is 11.5 Å². The number of aliphatic hydroxyl groups is 1. The molecule has 1 aliphatic heterocycles. The lowest BCUT2D eigenvalue weighted by atomic mass is 10.1. The molecule has 1 aliphatic rings. The van der Waals surface area contributed by atoms with E-state index in [0.29, 0.717) is 11.5 Å². The van der Waals surface area contributed by atoms with Crippen molar-refractivity contribution in [2.24, 2.45) is 4.99 Å². The van der Waals surface area contributed by atoms with Crippen molar-refractivity contribution in [3.05, 3.63) is 46.2 Å². The first-order valence-corrected chi connectivity index (χ1v) is 11.2. The fourth-order valence-corrected chi connectivity index (χ4v) is 4.21. The molecule has 0 saturated carbocycles. The molecule has 2 aromatic rings. The normalized spacial score (nSPS) is 15.9. The zero-order chi connectivity index (χ0) is 21.3. The Labute approximate surface area is 206 Å². The first-order chi connectivity index (χ1) is 14.6. The minimum atomic E-state index is -0.734. The second-order valence-corrected chi connectivity index (χ2v) is 8.23. The van der Waals surface area contributed by atoms with Crippen LogP contribution in [0, 0.1) is 0 Å². The maximum Gasteiger partial charge on any atom is 0.194 e. The molecule has 9 heteroatoms. The van der Waals surface area contributed by atoms with Crippen molar-refractivity contribution in [2.45, 2.75) is 19.6 Å². The molecule has 0 spiro atoms. The Bertz CT molecular complexity index is 789. The lowest BCUT2D eigenvalue weighted by molar-refractivity contribution is 0.170. The molecule has 7 nitrogen and oxygen atoms in total. The Morgan fingerprint density at radius 2 is 1.84 bits per heavy atom. The number of hydrogen-bond acceptors (Lipinski definition) is 6. The van der Waals surface area contributed by atoms with Gasteiger partial charge in [-0.1, -0.05) is 6.07 Å². The number of aliphatic imine (C=N–C) groups is 1. The largest absolute Gasteiger partial charge is 0.497 e. The Kier molecular flexibility index (Phi) is 10.9. The van der Waals surface area contributed by atoms with E-state index in [1.807, 2.05) is 23.5 Å². The quantitative estimate of drug-likeness (QED) is 0.294. The van der Waals surface area contributed by atoms with Crippen LogP contribution in [0.2, 0.25) is 0 Å². The minimum absolute atomic E-state index is 0. The Balaban J connectivity index is 0.00000341. The number of nitrogens with zero attached hydrogens (tertiary/aromatic N) is 3. The van der Waals surface area contributed by atoms with Gasteiger partial charge in [-0.05, 0) is 36.1 Å². The molecule has 3 rings (SSSR count). The van der Waals surface area contributed by atoms with E-state index < -0.39 is 6.10 Å². The number of rotatable bonds is 8. The first kappa shape index (κ1) is 25.7. The van der Waals surface area contributed by atoms with Crippen LogP contribution in [0.25, 0.3) is 0 Å². The zero-order valence-corrected chi connectivity index (χ0v) is 21.6. The fourth-order valence-electron chi connectivity index (χ4n) is 3.47. The summed E-state index contributed by atoms with van der Waals surface area (Å²) in [6.45, 7) is 7.96. The number of aliphatic hydroxyl groups excluding tert-OH is 1. The first-order valence-electron chi connectivity index (χ1n) is 10.3. The van der Waals surface area contributed by atoms with E-state index in [9.17, 15) is 5.11 Å². The van der Waals surface area contributed by atoms with Crippen LogP contribution in [-0.4, -0.2) is 74.4 Å². The Morgan fingerprint density at radius 3 is 2.39 bits per heavy atom. The summed E-state index contributed by atoms with van der Waals surface area (Å²) in [4.78, 5) is 10.9. The molecule has 1 atom stereocenters. The number of piperazine rings is 1. The van der Waals surface area contributed by atoms with E-state index in [1.54, 1.807) is 20.3 Å². The third kappa shape index (κ3) is 7.51. The van der Waals surface area contributed by atoms with Crippen molar-refractivity contribution >= 4 is 41.3 Å². The Hall–Kier alpha value is -1.56. The molecule has 0 radical (unpaired) electrons. The molecule has 1 aromatic heterocycles. The standard InChI is InChI=1S/C22H32N4O3S.HI/c1-4-23-22(26-9-7-25(8-10-26)16-20-6-5-11-30-20)24-15-21(27)17-12-18(28-2)14-19(13-17)29-3;/h5-6,11-14,21,27H,4,7-10,15-16H2,1-3H3,(H,23,24);1H. The van der Waals surface area contributed by atoms with E-state index >= 15 is 0 Å². The molecule has 1 fully saturated rings. The van der Waals surface area contributed by atoms with Crippen LogP contribution in [0.15, 0.2) is 40.7 Å². The molecule has 0 aliphatic carbocycles. The molecule has 0 amide bonds. The maximum absolute atomic E-state index is 10.7. The predicted octanol–water partition coefficient (Wildman–Crippen LogP) is 3.20. The van der Waals surface area contributed by atoms with Crippen LogP contribution in [0.1, 0.15) is 23.5 Å². The molecular formula is C22H33IN4O3S. The van der Waals surface area contributed by atoms with Gasteiger partial charge in [0.2, 0.25) is 0 Å². The zero-order valence-electron chi connectivity index (χ0n) is 18.4. The molecular weight excluding hydrogens is 527 g/mol. The average molecular weight is 561 g/mol. The van der Waals surface area contributed by atoms with Gasteiger partial charge in [0.05, 0.1) is 26.9 Å². The third-order valence-corrected chi connectivity index (χ3v) is 6.00. The summed E-state index contributed by atoms with van der Waals surface area (Å²) >= 11 is 1.81. The Morgan fingerprint density at radius 1 is 1.16 bits per heavy atom. The van der Waals surface area contributed by atoms with E-state index in [1.165, 1.54) is 4.88 Å². The van der Waals surface area contributed by atoms with Crippen LogP contribution in [0.3, 0.4) is 0 Å². The average Bonchev–Trinajstić information content (AvgIpc) is 3.29. The van der Waals surface area contributed by atoms with Gasteiger partial charge in [-0.3, -0.25) is 9.89 Å². The molecule has 31 heavy (non-hydrogen) atoms. The van der Waals surface area contributed by atoms with Crippen LogP contribution in [-0.2, 0) is 6.54 Å². The van der Waals surface area contributed by atoms with Gasteiger partial charge in [-0.15, -0.1) is 35.3 Å². The minimum Gasteiger partial charge on any atom is -0.497 e. The number of methoxy groups -OCH3 is 2. The number of nitrogens with one attached hydrogen (secondary N) is 1. The van der Waals surface area contributed by atoms with Gasteiger partial charge in [0.15, 0.2) is 5.96 Å². The van der Waals surface area contributed by atoms with Crippen LogP contribution < -0.4 is 14.8 Å². The van der Waals surface area contributed by atoms with Crippen molar-refractivity contribution in [3.63, 3.8) is 0 Å². The molecule has 1 aromatic carbocycles. The van der Waals surface area contributed by atoms with Crippen molar-refractivity contribution in [2.75, 3.05) is 53.5 Å². The van der Waals surface area contributed by atoms with Gasteiger partial charge in [0.1, 0.15) is 11.5 Å². The van der Waals surface area contributed by atoms with Gasteiger partial charge >= 0.3 is 0 Å². The second-order valence-electron chi connectivity index (χ2n) is 7.20. The lowest BCUT2D eigenvalue weighted by Crippen LogP contribution is -2.52. The summed E-state index contributed by atoms with van der Waals surface area (Å²) in [5.74, 6) is 2.16. The van der Waals surface area contributed by atoms with Crippen molar-refractivity contribution in [3.8, 4) is 11.5 Å². The summed E-state index contributed by atoms with van der Waals surface area (Å²) in [6, 6.07) is 9.73. The number of benzene rings is 1. The monoisotopic (exact) mass is 560 g/mol. The summed E-state index contributed by atoms with van der Waals surface area (Å²) in [7, 11) is 3.20. The van der Waals surface area contributed by atoms with Crippen molar-refractivity contribution < 1.29 is 14.6 Å². The third-order valence-electron chi connectivity index (χ3n) is 5.14. The van der Waals surface area contributed by atoms with E-state index in [2.05, 4.69) is 39.6 Å². The summed E-state index contributed by atoms with van der Waals surface area (Å²) in [6.07, 6.45) is -0.734. The summed E-state index contributed by atoms with van der Waals surface area (Å²) in [5, 5.41) is 16.2. The number of halogens is 1. The summed E-state index contributed by atoms with van der Waals surface area (Å²) in [5.41, 5.74) is 0.728. The number of hydrogen-bond donors (Lipinski definition) is 2. The highest BCUT2D eigenvalue weighted by atomic mass is 127. The van der Waals surface area contributed by atoms with Gasteiger partial charge in [-0.25, -0.2) is 0 Å². The molecule has 1 unspecified atom stereocenters. The molecule has 1 saturated heterocycles. The van der Waals surface area contributed by atoms with Crippen LogP contribution in [0.4, 0.5) is 0 Å². The molecule has 2 heterocycles. The van der Waals surface area contributed by atoms with Crippen LogP contribution >= 0.6 is 35.3 Å². The van der Waals surface area contributed by atoms with Crippen molar-refractivity contribution in [1.29, 1.82) is 0 Å². The molecule has 172 valence electrons. The SMILES string of the molecule is CCNC(=NCC(O)c1cc(OC)cc(OC)c1)N1CCN(Cc2cccs2)CC1.I. The van der Waals surface area contributed by atoms with Gasteiger partial charge in [0, 0.05) is 50.2 Å². The van der Waals surface area contributed by atoms with Crippen molar-refractivity contribution in [1.82, 2.24) is 15.1 Å². The molecule has 2 N–H and O–H groups in total. The maximum atomic E-state index is 10.7.